The second kappa shape index (κ2) is 5.85. The van der Waals surface area contributed by atoms with Gasteiger partial charge in [0.25, 0.3) is 0 Å². The highest BCUT2D eigenvalue weighted by atomic mass is 35.5. The molecule has 2 fully saturated rings. The van der Waals surface area contributed by atoms with E-state index in [1.165, 1.54) is 0 Å². The van der Waals surface area contributed by atoms with E-state index in [0.717, 1.165) is 25.9 Å². The minimum Gasteiger partial charge on any atom is -0.342 e. The van der Waals surface area contributed by atoms with E-state index in [2.05, 4.69) is 5.32 Å². The van der Waals surface area contributed by atoms with Gasteiger partial charge in [-0.25, -0.2) is 0 Å². The lowest BCUT2D eigenvalue weighted by Crippen LogP contribution is -2.30. The molecular formula is C15H16Cl2N2O2. The van der Waals surface area contributed by atoms with Gasteiger partial charge in [0.05, 0.1) is 22.5 Å². The van der Waals surface area contributed by atoms with E-state index in [1.807, 2.05) is 4.90 Å². The average molecular weight is 327 g/mol. The van der Waals surface area contributed by atoms with Crippen LogP contribution in [-0.4, -0.2) is 29.8 Å². The highest BCUT2D eigenvalue weighted by Crippen LogP contribution is 2.41. The summed E-state index contributed by atoms with van der Waals surface area (Å²) < 4.78 is 0. The maximum atomic E-state index is 12.2. The van der Waals surface area contributed by atoms with E-state index in [4.69, 9.17) is 23.2 Å². The summed E-state index contributed by atoms with van der Waals surface area (Å²) in [6.07, 6.45) is 2.75. The summed E-state index contributed by atoms with van der Waals surface area (Å²) in [7, 11) is 0. The maximum absolute atomic E-state index is 12.2. The van der Waals surface area contributed by atoms with Crippen molar-refractivity contribution >= 4 is 40.7 Å². The Hall–Kier alpha value is -1.26. The minimum absolute atomic E-state index is 0.116. The molecule has 2 unspecified atom stereocenters. The third-order valence-corrected chi connectivity index (χ3v) is 4.61. The molecule has 1 aliphatic heterocycles. The topological polar surface area (TPSA) is 49.4 Å². The Morgan fingerprint density at radius 1 is 1.14 bits per heavy atom. The molecule has 1 saturated heterocycles. The molecule has 0 aromatic heterocycles. The minimum atomic E-state index is -0.242. The van der Waals surface area contributed by atoms with Gasteiger partial charge in [0.15, 0.2) is 0 Å². The van der Waals surface area contributed by atoms with Crippen molar-refractivity contribution in [2.45, 2.75) is 19.3 Å². The van der Waals surface area contributed by atoms with Crippen LogP contribution >= 0.6 is 23.2 Å². The molecule has 1 saturated carbocycles. The van der Waals surface area contributed by atoms with Crippen molar-refractivity contribution in [2.24, 2.45) is 11.8 Å². The second-order valence-corrected chi connectivity index (χ2v) is 6.44. The van der Waals surface area contributed by atoms with Crippen molar-refractivity contribution in [3.8, 4) is 0 Å². The van der Waals surface area contributed by atoms with Crippen molar-refractivity contribution < 1.29 is 9.59 Å². The first-order valence-electron chi connectivity index (χ1n) is 7.11. The highest BCUT2D eigenvalue weighted by Gasteiger charge is 2.49. The molecule has 0 radical (unpaired) electrons. The molecule has 1 aliphatic carbocycles. The smallest absolute Gasteiger partial charge is 0.228 e. The van der Waals surface area contributed by atoms with Crippen LogP contribution in [0, 0.1) is 11.8 Å². The van der Waals surface area contributed by atoms with Crippen molar-refractivity contribution in [3.05, 3.63) is 28.2 Å². The zero-order valence-electron chi connectivity index (χ0n) is 11.4. The third kappa shape index (κ3) is 3.16. The standard InChI is InChI=1S/C15H16Cl2N2O2/c16-9-3-4-12(17)13(7-9)18-14(20)10-8-11(10)15(21)19-5-1-2-6-19/h3-4,7,10-11H,1-2,5-6,8H2,(H,18,20). The van der Waals surface area contributed by atoms with Crippen LogP contribution in [0.15, 0.2) is 18.2 Å². The van der Waals surface area contributed by atoms with Crippen molar-refractivity contribution in [2.75, 3.05) is 18.4 Å². The van der Waals surface area contributed by atoms with Crippen LogP contribution < -0.4 is 5.32 Å². The van der Waals surface area contributed by atoms with Crippen LogP contribution in [-0.2, 0) is 9.59 Å². The monoisotopic (exact) mass is 326 g/mol. The summed E-state index contributed by atoms with van der Waals surface area (Å²) in [6, 6.07) is 4.91. The SMILES string of the molecule is O=C(Nc1cc(Cl)ccc1Cl)C1CC1C(=O)N1CCCC1. The molecule has 3 rings (SSSR count). The third-order valence-electron chi connectivity index (χ3n) is 4.05. The van der Waals surface area contributed by atoms with Crippen LogP contribution in [0.5, 0.6) is 0 Å². The summed E-state index contributed by atoms with van der Waals surface area (Å²) in [5, 5.41) is 3.71. The lowest BCUT2D eigenvalue weighted by atomic mass is 10.2. The van der Waals surface area contributed by atoms with Gasteiger partial charge in [-0.1, -0.05) is 23.2 Å². The zero-order valence-corrected chi connectivity index (χ0v) is 13.0. The Bertz CT molecular complexity index is 585. The van der Waals surface area contributed by atoms with Gasteiger partial charge in [0.2, 0.25) is 11.8 Å². The number of hydrogen-bond donors (Lipinski definition) is 1. The van der Waals surface area contributed by atoms with Gasteiger partial charge in [-0.2, -0.15) is 0 Å². The second-order valence-electron chi connectivity index (χ2n) is 5.59. The molecular weight excluding hydrogens is 311 g/mol. The van der Waals surface area contributed by atoms with Crippen LogP contribution in [0.2, 0.25) is 10.0 Å². The van der Waals surface area contributed by atoms with Crippen molar-refractivity contribution in [1.29, 1.82) is 0 Å². The summed E-state index contributed by atoms with van der Waals surface area (Å²) in [4.78, 5) is 26.2. The van der Waals surface area contributed by atoms with E-state index in [9.17, 15) is 9.59 Å². The van der Waals surface area contributed by atoms with Gasteiger partial charge >= 0.3 is 0 Å². The van der Waals surface area contributed by atoms with E-state index < -0.39 is 0 Å². The number of rotatable bonds is 3. The molecule has 1 aromatic carbocycles. The number of carbonyl (C=O) groups is 2. The predicted molar refractivity (Wildman–Crippen MR) is 82.5 cm³/mol. The molecule has 21 heavy (non-hydrogen) atoms. The molecule has 112 valence electrons. The summed E-state index contributed by atoms with van der Waals surface area (Å²) in [5.41, 5.74) is 0.494. The normalized spacial score (nSPS) is 24.0. The number of hydrogen-bond acceptors (Lipinski definition) is 2. The number of anilines is 1. The number of amides is 2. The average Bonchev–Trinajstić information content (AvgIpc) is 3.07. The van der Waals surface area contributed by atoms with Gasteiger partial charge in [-0.15, -0.1) is 0 Å². The highest BCUT2D eigenvalue weighted by molar-refractivity contribution is 6.35. The molecule has 0 bridgehead atoms. The van der Waals surface area contributed by atoms with Crippen LogP contribution in [0.25, 0.3) is 0 Å². The number of nitrogens with one attached hydrogen (secondary N) is 1. The van der Waals surface area contributed by atoms with Crippen LogP contribution in [0.1, 0.15) is 19.3 Å². The van der Waals surface area contributed by atoms with Gasteiger partial charge in [0.1, 0.15) is 0 Å². The number of carbonyl (C=O) groups excluding carboxylic acids is 2. The van der Waals surface area contributed by atoms with E-state index in [0.29, 0.717) is 22.2 Å². The Balaban J connectivity index is 1.60. The summed E-state index contributed by atoms with van der Waals surface area (Å²) in [5.74, 6) is -0.448. The van der Waals surface area contributed by atoms with Gasteiger partial charge in [-0.3, -0.25) is 9.59 Å². The molecule has 1 aromatic rings. The number of likely N-dealkylation sites (tertiary alicyclic amines) is 1. The molecule has 1 heterocycles. The van der Waals surface area contributed by atoms with Crippen LogP contribution in [0.3, 0.4) is 0 Å². The Labute approximate surface area is 133 Å². The first-order valence-corrected chi connectivity index (χ1v) is 7.86. The maximum Gasteiger partial charge on any atom is 0.228 e. The Morgan fingerprint density at radius 3 is 2.57 bits per heavy atom. The lowest BCUT2D eigenvalue weighted by Gasteiger charge is -2.15. The number of nitrogens with zero attached hydrogens (tertiary/aromatic N) is 1. The number of benzene rings is 1. The van der Waals surface area contributed by atoms with E-state index in [1.54, 1.807) is 18.2 Å². The van der Waals surface area contributed by atoms with Gasteiger partial charge in [0, 0.05) is 18.1 Å². The van der Waals surface area contributed by atoms with Gasteiger partial charge < -0.3 is 10.2 Å². The van der Waals surface area contributed by atoms with E-state index >= 15 is 0 Å². The summed E-state index contributed by atoms with van der Waals surface area (Å²) >= 11 is 11.9. The number of halogens is 2. The zero-order chi connectivity index (χ0) is 15.0. The van der Waals surface area contributed by atoms with Crippen molar-refractivity contribution in [1.82, 2.24) is 4.90 Å². The Morgan fingerprint density at radius 2 is 1.86 bits per heavy atom. The lowest BCUT2D eigenvalue weighted by molar-refractivity contribution is -0.133. The van der Waals surface area contributed by atoms with E-state index in [-0.39, 0.29) is 23.7 Å². The Kier molecular flexibility index (Phi) is 4.09. The fraction of sp³-hybridized carbons (Fsp3) is 0.467. The molecule has 0 spiro atoms. The quantitative estimate of drug-likeness (QED) is 0.927. The molecule has 1 N–H and O–H groups in total. The fourth-order valence-corrected chi connectivity index (χ4v) is 3.09. The van der Waals surface area contributed by atoms with Gasteiger partial charge in [-0.05, 0) is 37.5 Å². The van der Waals surface area contributed by atoms with Crippen molar-refractivity contribution in [3.63, 3.8) is 0 Å². The first-order chi connectivity index (χ1) is 10.1. The molecule has 2 aliphatic rings. The molecule has 2 atom stereocenters. The summed E-state index contributed by atoms with van der Waals surface area (Å²) in [6.45, 7) is 1.65. The molecule has 4 nitrogen and oxygen atoms in total. The first kappa shape index (κ1) is 14.7. The van der Waals surface area contributed by atoms with Crippen LogP contribution in [0.4, 0.5) is 5.69 Å². The predicted octanol–water partition coefficient (Wildman–Crippen LogP) is 3.19. The largest absolute Gasteiger partial charge is 0.342 e. The fourth-order valence-electron chi connectivity index (χ4n) is 2.75. The molecule has 6 heteroatoms. The molecule has 2 amide bonds.